The molecular formula is C16H24N2O4S. The van der Waals surface area contributed by atoms with Gasteiger partial charge in [0.05, 0.1) is 4.90 Å². The Morgan fingerprint density at radius 2 is 2.00 bits per heavy atom. The summed E-state index contributed by atoms with van der Waals surface area (Å²) in [5, 5.41) is 2.77. The van der Waals surface area contributed by atoms with Crippen molar-refractivity contribution in [3.05, 3.63) is 29.3 Å². The van der Waals surface area contributed by atoms with Crippen LogP contribution in [0.25, 0.3) is 0 Å². The van der Waals surface area contributed by atoms with Crippen molar-refractivity contribution in [3.63, 3.8) is 0 Å². The van der Waals surface area contributed by atoms with Gasteiger partial charge < -0.3 is 10.1 Å². The predicted octanol–water partition coefficient (Wildman–Crippen LogP) is 1.55. The second-order valence-electron chi connectivity index (χ2n) is 5.69. The number of carbonyl (C=O) groups excluding carboxylic acids is 1. The second-order valence-corrected chi connectivity index (χ2v) is 7.60. The van der Waals surface area contributed by atoms with Crippen LogP contribution in [-0.2, 0) is 14.8 Å². The molecule has 0 atom stereocenters. The van der Waals surface area contributed by atoms with Crippen molar-refractivity contribution in [1.29, 1.82) is 0 Å². The fourth-order valence-corrected chi connectivity index (χ4v) is 4.38. The largest absolute Gasteiger partial charge is 0.385 e. The Bertz CT molecular complexity index is 652. The summed E-state index contributed by atoms with van der Waals surface area (Å²) in [5.41, 5.74) is 1.03. The third-order valence-corrected chi connectivity index (χ3v) is 5.98. The standard InChI is InChI=1S/C16H24N2O4S/c1-13-6-7-14(16(19)17-8-5-11-22-2)12-15(13)23(20,21)18-9-3-4-10-18/h6-7,12H,3-5,8-11H2,1-2H3,(H,17,19). The normalized spacial score (nSPS) is 15.7. The number of nitrogens with one attached hydrogen (secondary N) is 1. The topological polar surface area (TPSA) is 75.7 Å². The molecule has 1 aromatic rings. The Kier molecular flexibility index (Phi) is 6.15. The molecule has 7 heteroatoms. The van der Waals surface area contributed by atoms with Crippen LogP contribution in [0.15, 0.2) is 23.1 Å². The number of aryl methyl sites for hydroxylation is 1. The first-order valence-corrected chi connectivity index (χ1v) is 9.29. The zero-order chi connectivity index (χ0) is 16.9. The van der Waals surface area contributed by atoms with Gasteiger partial charge in [-0.2, -0.15) is 4.31 Å². The number of sulfonamides is 1. The van der Waals surface area contributed by atoms with Gasteiger partial charge >= 0.3 is 0 Å². The van der Waals surface area contributed by atoms with Gasteiger partial charge in [-0.15, -0.1) is 0 Å². The molecule has 1 aromatic carbocycles. The van der Waals surface area contributed by atoms with E-state index >= 15 is 0 Å². The van der Waals surface area contributed by atoms with E-state index in [9.17, 15) is 13.2 Å². The highest BCUT2D eigenvalue weighted by molar-refractivity contribution is 7.89. The summed E-state index contributed by atoms with van der Waals surface area (Å²) in [7, 11) is -1.91. The first-order valence-electron chi connectivity index (χ1n) is 7.85. The van der Waals surface area contributed by atoms with E-state index in [0.717, 1.165) is 12.8 Å². The van der Waals surface area contributed by atoms with Crippen molar-refractivity contribution < 1.29 is 17.9 Å². The van der Waals surface area contributed by atoms with Crippen LogP contribution in [0.4, 0.5) is 0 Å². The van der Waals surface area contributed by atoms with Crippen LogP contribution in [0.1, 0.15) is 35.2 Å². The number of rotatable bonds is 7. The maximum absolute atomic E-state index is 12.7. The molecule has 0 unspecified atom stereocenters. The molecule has 0 spiro atoms. The number of hydrogen-bond donors (Lipinski definition) is 1. The van der Waals surface area contributed by atoms with E-state index in [-0.39, 0.29) is 10.8 Å². The SMILES string of the molecule is COCCCNC(=O)c1ccc(C)c(S(=O)(=O)N2CCCC2)c1. The summed E-state index contributed by atoms with van der Waals surface area (Å²) in [6.45, 7) is 3.92. The summed E-state index contributed by atoms with van der Waals surface area (Å²) >= 11 is 0. The van der Waals surface area contributed by atoms with Gasteiger partial charge in [0.15, 0.2) is 0 Å². The van der Waals surface area contributed by atoms with Crippen molar-refractivity contribution in [2.24, 2.45) is 0 Å². The molecule has 1 fully saturated rings. The minimum Gasteiger partial charge on any atom is -0.385 e. The average Bonchev–Trinajstić information content (AvgIpc) is 3.07. The van der Waals surface area contributed by atoms with Crippen molar-refractivity contribution in [1.82, 2.24) is 9.62 Å². The van der Waals surface area contributed by atoms with Crippen LogP contribution in [0.3, 0.4) is 0 Å². The summed E-state index contributed by atoms with van der Waals surface area (Å²) in [6.07, 6.45) is 2.49. The minimum absolute atomic E-state index is 0.226. The van der Waals surface area contributed by atoms with Crippen molar-refractivity contribution in [2.45, 2.75) is 31.1 Å². The Labute approximate surface area is 137 Å². The predicted molar refractivity (Wildman–Crippen MR) is 88.0 cm³/mol. The molecule has 1 amide bonds. The van der Waals surface area contributed by atoms with Gasteiger partial charge in [0.2, 0.25) is 10.0 Å². The molecule has 128 valence electrons. The van der Waals surface area contributed by atoms with E-state index in [1.807, 2.05) is 0 Å². The number of benzene rings is 1. The van der Waals surface area contributed by atoms with Crippen molar-refractivity contribution in [3.8, 4) is 0 Å². The summed E-state index contributed by atoms with van der Waals surface area (Å²) < 4.78 is 31.8. The maximum atomic E-state index is 12.7. The lowest BCUT2D eigenvalue weighted by Gasteiger charge is -2.17. The number of methoxy groups -OCH3 is 1. The summed E-state index contributed by atoms with van der Waals surface area (Å²) in [4.78, 5) is 12.4. The molecule has 0 bridgehead atoms. The molecule has 1 aliphatic rings. The number of nitrogens with zero attached hydrogens (tertiary/aromatic N) is 1. The number of ether oxygens (including phenoxy) is 1. The fourth-order valence-electron chi connectivity index (χ4n) is 2.61. The third-order valence-electron chi connectivity index (χ3n) is 3.94. The Morgan fingerprint density at radius 3 is 2.65 bits per heavy atom. The monoisotopic (exact) mass is 340 g/mol. The third kappa shape index (κ3) is 4.31. The summed E-state index contributed by atoms with van der Waals surface area (Å²) in [6, 6.07) is 4.83. The van der Waals surface area contributed by atoms with E-state index in [1.165, 1.54) is 10.4 Å². The van der Waals surface area contributed by atoms with Crippen LogP contribution in [0.2, 0.25) is 0 Å². The molecule has 1 saturated heterocycles. The van der Waals surface area contributed by atoms with E-state index in [0.29, 0.717) is 43.8 Å². The van der Waals surface area contributed by atoms with Gasteiger partial charge in [-0.1, -0.05) is 6.07 Å². The van der Waals surface area contributed by atoms with Gasteiger partial charge in [0, 0.05) is 38.9 Å². The van der Waals surface area contributed by atoms with Crippen LogP contribution in [0, 0.1) is 6.92 Å². The molecule has 0 radical (unpaired) electrons. The first kappa shape index (κ1) is 17.9. The zero-order valence-corrected chi connectivity index (χ0v) is 14.5. The smallest absolute Gasteiger partial charge is 0.251 e. The minimum atomic E-state index is -3.52. The molecule has 23 heavy (non-hydrogen) atoms. The fraction of sp³-hybridized carbons (Fsp3) is 0.562. The van der Waals surface area contributed by atoms with Gasteiger partial charge in [0.1, 0.15) is 0 Å². The highest BCUT2D eigenvalue weighted by atomic mass is 32.2. The number of hydrogen-bond acceptors (Lipinski definition) is 4. The van der Waals surface area contributed by atoms with Crippen LogP contribution in [-0.4, -0.2) is 52.0 Å². The zero-order valence-electron chi connectivity index (χ0n) is 13.7. The van der Waals surface area contributed by atoms with Crippen molar-refractivity contribution in [2.75, 3.05) is 33.4 Å². The molecule has 0 aromatic heterocycles. The lowest BCUT2D eigenvalue weighted by molar-refractivity contribution is 0.0948. The number of amides is 1. The molecule has 1 aliphatic heterocycles. The average molecular weight is 340 g/mol. The van der Waals surface area contributed by atoms with Gasteiger partial charge in [-0.3, -0.25) is 4.79 Å². The van der Waals surface area contributed by atoms with E-state index in [2.05, 4.69) is 5.32 Å². The molecule has 0 aliphatic carbocycles. The van der Waals surface area contributed by atoms with Crippen LogP contribution < -0.4 is 5.32 Å². The van der Waals surface area contributed by atoms with E-state index in [4.69, 9.17) is 4.74 Å². The Morgan fingerprint density at radius 1 is 1.30 bits per heavy atom. The first-order chi connectivity index (χ1) is 11.0. The van der Waals surface area contributed by atoms with E-state index in [1.54, 1.807) is 26.2 Å². The van der Waals surface area contributed by atoms with Gasteiger partial charge in [0.25, 0.3) is 5.91 Å². The molecule has 1 heterocycles. The summed E-state index contributed by atoms with van der Waals surface area (Å²) in [5.74, 6) is -0.265. The lowest BCUT2D eigenvalue weighted by atomic mass is 10.1. The Balaban J connectivity index is 2.17. The lowest BCUT2D eigenvalue weighted by Crippen LogP contribution is -2.29. The molecule has 1 N–H and O–H groups in total. The quantitative estimate of drug-likeness (QED) is 0.764. The molecule has 0 saturated carbocycles. The Hall–Kier alpha value is -1.44. The highest BCUT2D eigenvalue weighted by Crippen LogP contribution is 2.24. The van der Waals surface area contributed by atoms with E-state index < -0.39 is 10.0 Å². The molecule has 2 rings (SSSR count). The van der Waals surface area contributed by atoms with Crippen LogP contribution >= 0.6 is 0 Å². The molecular weight excluding hydrogens is 316 g/mol. The maximum Gasteiger partial charge on any atom is 0.251 e. The highest BCUT2D eigenvalue weighted by Gasteiger charge is 2.29. The van der Waals surface area contributed by atoms with Gasteiger partial charge in [-0.05, 0) is 43.9 Å². The number of carbonyl (C=O) groups is 1. The van der Waals surface area contributed by atoms with Crippen LogP contribution in [0.5, 0.6) is 0 Å². The van der Waals surface area contributed by atoms with Crippen molar-refractivity contribution >= 4 is 15.9 Å². The second kappa shape index (κ2) is 7.90. The molecule has 6 nitrogen and oxygen atoms in total. The van der Waals surface area contributed by atoms with Gasteiger partial charge in [-0.25, -0.2) is 8.42 Å².